The molecule has 0 saturated carbocycles. The minimum atomic E-state index is -0.885. The van der Waals surface area contributed by atoms with Crippen LogP contribution in [0.2, 0.25) is 0 Å². The van der Waals surface area contributed by atoms with Gasteiger partial charge in [0.25, 0.3) is 0 Å². The number of carbonyl (C=O) groups is 1. The molecule has 1 unspecified atom stereocenters. The van der Waals surface area contributed by atoms with E-state index in [9.17, 15) is 4.79 Å². The minimum absolute atomic E-state index is 0.118. The van der Waals surface area contributed by atoms with Crippen LogP contribution in [-0.4, -0.2) is 17.6 Å². The zero-order valence-corrected chi connectivity index (χ0v) is 8.44. The lowest BCUT2D eigenvalue weighted by molar-refractivity contribution is -0.139. The molecule has 0 aliphatic heterocycles. The summed E-state index contributed by atoms with van der Waals surface area (Å²) in [5.41, 5.74) is 6.12. The highest BCUT2D eigenvalue weighted by Crippen LogP contribution is 2.12. The van der Waals surface area contributed by atoms with Crippen molar-refractivity contribution in [2.24, 2.45) is 11.7 Å². The average Bonchev–Trinajstić information content (AvgIpc) is 2.16. The van der Waals surface area contributed by atoms with Gasteiger partial charge in [-0.1, -0.05) is 24.3 Å². The first-order chi connectivity index (χ1) is 6.67. The number of carboxylic acids is 1. The third kappa shape index (κ3) is 4.05. The molecule has 14 heavy (non-hydrogen) atoms. The van der Waals surface area contributed by atoms with Crippen molar-refractivity contribution in [1.29, 1.82) is 0 Å². The van der Waals surface area contributed by atoms with Gasteiger partial charge in [0.05, 0.1) is 5.92 Å². The molecule has 0 rings (SSSR count). The second-order valence-electron chi connectivity index (χ2n) is 2.84. The molecular weight excluding hydrogens is 178 g/mol. The molecule has 0 aromatic carbocycles. The van der Waals surface area contributed by atoms with Gasteiger partial charge < -0.3 is 10.8 Å². The van der Waals surface area contributed by atoms with Gasteiger partial charge in [-0.2, -0.15) is 0 Å². The Morgan fingerprint density at radius 2 is 2.29 bits per heavy atom. The zero-order valence-electron chi connectivity index (χ0n) is 8.44. The Bertz CT molecular complexity index is 254. The summed E-state index contributed by atoms with van der Waals surface area (Å²) in [7, 11) is 0. The first-order valence-corrected chi connectivity index (χ1v) is 4.53. The van der Waals surface area contributed by atoms with Crippen molar-refractivity contribution in [1.82, 2.24) is 0 Å². The maximum atomic E-state index is 10.8. The summed E-state index contributed by atoms with van der Waals surface area (Å²) in [5.74, 6) is -1.50. The first-order valence-electron chi connectivity index (χ1n) is 4.53. The lowest BCUT2D eigenvalue weighted by atomic mass is 9.98. The zero-order chi connectivity index (χ0) is 11.0. The van der Waals surface area contributed by atoms with Gasteiger partial charge in [-0.25, -0.2) is 0 Å². The van der Waals surface area contributed by atoms with Crippen LogP contribution in [0.25, 0.3) is 0 Å². The van der Waals surface area contributed by atoms with E-state index in [0.717, 1.165) is 12.0 Å². The molecular formula is C11H17NO2. The van der Waals surface area contributed by atoms with E-state index < -0.39 is 11.9 Å². The Labute approximate surface area is 84.6 Å². The Hall–Kier alpha value is -1.35. The van der Waals surface area contributed by atoms with E-state index in [4.69, 9.17) is 10.8 Å². The molecule has 3 nitrogen and oxygen atoms in total. The summed E-state index contributed by atoms with van der Waals surface area (Å²) in [6.07, 6.45) is 7.91. The molecule has 0 aromatic heterocycles. The SMILES string of the molecule is C=CCC=C/C(=C\C)C(CN)C(=O)O. The molecule has 0 amide bonds. The normalized spacial score (nSPS) is 14.3. The second-order valence-corrected chi connectivity index (χ2v) is 2.84. The van der Waals surface area contributed by atoms with Gasteiger partial charge in [0, 0.05) is 6.54 Å². The molecule has 0 spiro atoms. The van der Waals surface area contributed by atoms with Crippen molar-refractivity contribution in [3.63, 3.8) is 0 Å². The molecule has 0 radical (unpaired) electrons. The number of carboxylic acid groups (broad SMARTS) is 1. The Kier molecular flexibility index (Phi) is 6.41. The third-order valence-corrected chi connectivity index (χ3v) is 1.88. The lowest BCUT2D eigenvalue weighted by Crippen LogP contribution is -2.24. The monoisotopic (exact) mass is 195 g/mol. The third-order valence-electron chi connectivity index (χ3n) is 1.88. The van der Waals surface area contributed by atoms with Crippen LogP contribution in [0, 0.1) is 5.92 Å². The molecule has 0 aliphatic carbocycles. The summed E-state index contributed by atoms with van der Waals surface area (Å²) in [6.45, 7) is 5.49. The standard InChI is InChI=1S/C11H17NO2/c1-3-5-6-7-9(4-2)10(8-12)11(13)14/h3-4,6-7,10H,1,5,8,12H2,2H3,(H,13,14)/b7-6?,9-4+. The summed E-state index contributed by atoms with van der Waals surface area (Å²) in [4.78, 5) is 10.8. The van der Waals surface area contributed by atoms with Gasteiger partial charge in [-0.15, -0.1) is 6.58 Å². The topological polar surface area (TPSA) is 63.3 Å². The van der Waals surface area contributed by atoms with Crippen LogP contribution in [0.15, 0.2) is 36.5 Å². The van der Waals surface area contributed by atoms with Crippen LogP contribution in [0.4, 0.5) is 0 Å². The van der Waals surface area contributed by atoms with E-state index >= 15 is 0 Å². The predicted octanol–water partition coefficient (Wildman–Crippen LogP) is 1.72. The quantitative estimate of drug-likeness (QED) is 0.501. The van der Waals surface area contributed by atoms with Gasteiger partial charge in [0.2, 0.25) is 0 Å². The fourth-order valence-corrected chi connectivity index (χ4v) is 1.09. The highest BCUT2D eigenvalue weighted by Gasteiger charge is 2.17. The number of allylic oxidation sites excluding steroid dienone is 4. The molecule has 0 aliphatic rings. The van der Waals surface area contributed by atoms with E-state index in [2.05, 4.69) is 6.58 Å². The van der Waals surface area contributed by atoms with Gasteiger partial charge in [0.15, 0.2) is 0 Å². The molecule has 3 heteroatoms. The lowest BCUT2D eigenvalue weighted by Gasteiger charge is -2.10. The molecule has 0 saturated heterocycles. The van der Waals surface area contributed by atoms with Gasteiger partial charge >= 0.3 is 5.97 Å². The Morgan fingerprint density at radius 1 is 1.64 bits per heavy atom. The van der Waals surface area contributed by atoms with Crippen molar-refractivity contribution in [2.75, 3.05) is 6.54 Å². The Morgan fingerprint density at radius 3 is 2.64 bits per heavy atom. The summed E-state index contributed by atoms with van der Waals surface area (Å²) < 4.78 is 0. The van der Waals surface area contributed by atoms with Gasteiger partial charge in [0.1, 0.15) is 0 Å². The van der Waals surface area contributed by atoms with Crippen molar-refractivity contribution in [3.8, 4) is 0 Å². The molecule has 0 aromatic rings. The van der Waals surface area contributed by atoms with Crippen molar-refractivity contribution < 1.29 is 9.90 Å². The number of hydrogen-bond acceptors (Lipinski definition) is 2. The first kappa shape index (κ1) is 12.7. The minimum Gasteiger partial charge on any atom is -0.481 e. The summed E-state index contributed by atoms with van der Waals surface area (Å²) >= 11 is 0. The van der Waals surface area contributed by atoms with E-state index in [1.165, 1.54) is 0 Å². The highest BCUT2D eigenvalue weighted by molar-refractivity contribution is 5.74. The largest absolute Gasteiger partial charge is 0.481 e. The fraction of sp³-hybridized carbons (Fsp3) is 0.364. The Balaban J connectivity index is 4.54. The number of rotatable bonds is 6. The summed E-state index contributed by atoms with van der Waals surface area (Å²) in [6, 6.07) is 0. The van der Waals surface area contributed by atoms with Crippen LogP contribution in [0.3, 0.4) is 0 Å². The van der Waals surface area contributed by atoms with Crippen LogP contribution >= 0.6 is 0 Å². The van der Waals surface area contributed by atoms with E-state index in [-0.39, 0.29) is 6.54 Å². The van der Waals surface area contributed by atoms with Crippen LogP contribution in [0.5, 0.6) is 0 Å². The van der Waals surface area contributed by atoms with Crippen LogP contribution in [0.1, 0.15) is 13.3 Å². The molecule has 0 fully saturated rings. The van der Waals surface area contributed by atoms with Crippen LogP contribution in [-0.2, 0) is 4.79 Å². The summed E-state index contributed by atoms with van der Waals surface area (Å²) in [5, 5.41) is 8.86. The number of aliphatic carboxylic acids is 1. The van der Waals surface area contributed by atoms with Gasteiger partial charge in [-0.05, 0) is 18.9 Å². The fourth-order valence-electron chi connectivity index (χ4n) is 1.09. The number of nitrogens with two attached hydrogens (primary N) is 1. The van der Waals surface area contributed by atoms with Gasteiger partial charge in [-0.3, -0.25) is 4.79 Å². The predicted molar refractivity (Wildman–Crippen MR) is 57.9 cm³/mol. The van der Waals surface area contributed by atoms with E-state index in [0.29, 0.717) is 0 Å². The van der Waals surface area contributed by atoms with Crippen LogP contribution < -0.4 is 5.73 Å². The van der Waals surface area contributed by atoms with Crippen molar-refractivity contribution >= 4 is 5.97 Å². The van der Waals surface area contributed by atoms with E-state index in [1.54, 1.807) is 25.2 Å². The van der Waals surface area contributed by atoms with Crippen molar-refractivity contribution in [2.45, 2.75) is 13.3 Å². The maximum absolute atomic E-state index is 10.8. The molecule has 1 atom stereocenters. The van der Waals surface area contributed by atoms with E-state index in [1.807, 2.05) is 6.08 Å². The molecule has 0 bridgehead atoms. The smallest absolute Gasteiger partial charge is 0.312 e. The van der Waals surface area contributed by atoms with Crippen molar-refractivity contribution in [3.05, 3.63) is 36.5 Å². The average molecular weight is 195 g/mol. The highest BCUT2D eigenvalue weighted by atomic mass is 16.4. The number of hydrogen-bond donors (Lipinski definition) is 2. The molecule has 0 heterocycles. The molecule has 3 N–H and O–H groups in total. The second kappa shape index (κ2) is 7.09. The molecule has 78 valence electrons. The maximum Gasteiger partial charge on any atom is 0.312 e.